The SMILES string of the molecule is CCCCCCCCCCCCCCCCCCc1ccc(OC(c2ccc(CCCCCCCCCCCCCCCCCC)cc2)C(CO)(COP(O)O)COP(O)O)cc1. The fraction of sp³-hybridized carbons (Fsp3) is 0.774. The minimum atomic E-state index is -2.74. The van der Waals surface area contributed by atoms with Crippen molar-refractivity contribution in [3.8, 4) is 5.75 Å². The lowest BCUT2D eigenvalue weighted by atomic mass is 9.80. The van der Waals surface area contributed by atoms with Crippen LogP contribution >= 0.6 is 17.2 Å². The van der Waals surface area contributed by atoms with Crippen LogP contribution < -0.4 is 4.74 Å². The van der Waals surface area contributed by atoms with Crippen LogP contribution in [0.15, 0.2) is 48.5 Å². The van der Waals surface area contributed by atoms with E-state index < -0.39 is 35.3 Å². The van der Waals surface area contributed by atoms with E-state index in [9.17, 15) is 24.7 Å². The Labute approximate surface area is 388 Å². The first-order valence-electron chi connectivity index (χ1n) is 25.9. The van der Waals surface area contributed by atoms with Gasteiger partial charge in [0.15, 0.2) is 0 Å². The number of hydrogen-bond acceptors (Lipinski definition) is 8. The van der Waals surface area contributed by atoms with Gasteiger partial charge in [-0.3, -0.25) is 0 Å². The zero-order valence-corrected chi connectivity index (χ0v) is 42.0. The molecule has 0 fully saturated rings. The highest BCUT2D eigenvalue weighted by Crippen LogP contribution is 2.44. The smallest absolute Gasteiger partial charge is 0.327 e. The number of aliphatic hydroxyl groups is 1. The van der Waals surface area contributed by atoms with Crippen LogP contribution in [-0.2, 0) is 21.9 Å². The van der Waals surface area contributed by atoms with Gasteiger partial charge in [0, 0.05) is 0 Å². The number of rotatable bonds is 45. The number of aryl methyl sites for hydroxylation is 2. The van der Waals surface area contributed by atoms with E-state index in [1.807, 2.05) is 24.3 Å². The normalized spacial score (nSPS) is 12.5. The van der Waals surface area contributed by atoms with Crippen LogP contribution in [0, 0.1) is 5.41 Å². The van der Waals surface area contributed by atoms with Crippen LogP contribution in [-0.4, -0.2) is 44.5 Å². The van der Waals surface area contributed by atoms with Gasteiger partial charge in [0.1, 0.15) is 11.9 Å². The molecule has 5 N–H and O–H groups in total. The van der Waals surface area contributed by atoms with E-state index in [2.05, 4.69) is 38.1 Å². The molecule has 0 saturated carbocycles. The monoisotopic (exact) mass is 921 g/mol. The summed E-state index contributed by atoms with van der Waals surface area (Å²) in [5, 5.41) is 10.8. The largest absolute Gasteiger partial charge is 0.485 e. The van der Waals surface area contributed by atoms with Crippen LogP contribution in [0.1, 0.15) is 242 Å². The Kier molecular flexibility index (Phi) is 36.7. The van der Waals surface area contributed by atoms with Gasteiger partial charge in [-0.1, -0.05) is 243 Å². The van der Waals surface area contributed by atoms with E-state index >= 15 is 0 Å². The number of aliphatic hydroxyl groups excluding tert-OH is 1. The average Bonchev–Trinajstić information content (AvgIpc) is 3.29. The summed E-state index contributed by atoms with van der Waals surface area (Å²) in [5.41, 5.74) is 1.82. The Morgan fingerprint density at radius 3 is 0.984 bits per heavy atom. The first-order valence-corrected chi connectivity index (χ1v) is 28.2. The van der Waals surface area contributed by atoms with Crippen LogP contribution in [0.2, 0.25) is 0 Å². The Hall–Kier alpha value is -1.18. The molecule has 0 spiro atoms. The van der Waals surface area contributed by atoms with Crippen molar-refractivity contribution in [1.82, 2.24) is 0 Å². The molecule has 0 aliphatic heterocycles. The lowest BCUT2D eigenvalue weighted by Crippen LogP contribution is -2.43. The second-order valence-electron chi connectivity index (χ2n) is 18.6. The lowest BCUT2D eigenvalue weighted by Gasteiger charge is -2.39. The molecule has 364 valence electrons. The van der Waals surface area contributed by atoms with Crippen molar-refractivity contribution in [3.05, 3.63) is 65.2 Å². The van der Waals surface area contributed by atoms with Gasteiger partial charge in [0.25, 0.3) is 0 Å². The Morgan fingerprint density at radius 2 is 0.698 bits per heavy atom. The van der Waals surface area contributed by atoms with Crippen LogP contribution in [0.3, 0.4) is 0 Å². The average molecular weight is 921 g/mol. The molecular formula is C53H94O8P2. The molecule has 0 aliphatic rings. The van der Waals surface area contributed by atoms with E-state index in [1.54, 1.807) is 0 Å². The molecule has 0 aliphatic carbocycles. The van der Waals surface area contributed by atoms with Gasteiger partial charge in [0.05, 0.1) is 25.2 Å². The Morgan fingerprint density at radius 1 is 0.413 bits per heavy atom. The number of unbranched alkanes of at least 4 members (excludes halogenated alkanes) is 30. The third-order valence-electron chi connectivity index (χ3n) is 12.9. The molecule has 2 aromatic rings. The quantitative estimate of drug-likeness (QED) is 0.0328. The van der Waals surface area contributed by atoms with Crippen molar-refractivity contribution >= 4 is 17.2 Å². The fourth-order valence-corrected chi connectivity index (χ4v) is 9.52. The predicted octanol–water partition coefficient (Wildman–Crippen LogP) is 15.8. The van der Waals surface area contributed by atoms with Gasteiger partial charge in [-0.2, -0.15) is 0 Å². The number of ether oxygens (including phenoxy) is 1. The van der Waals surface area contributed by atoms with Crippen molar-refractivity contribution in [2.24, 2.45) is 5.41 Å². The highest BCUT2D eigenvalue weighted by Gasteiger charge is 2.44. The molecule has 2 rings (SSSR count). The van der Waals surface area contributed by atoms with Crippen molar-refractivity contribution < 1.29 is 38.5 Å². The first kappa shape index (κ1) is 57.9. The summed E-state index contributed by atoms with van der Waals surface area (Å²) in [6.45, 7) is 3.36. The van der Waals surface area contributed by atoms with E-state index in [0.29, 0.717) is 5.75 Å². The molecule has 1 unspecified atom stereocenters. The topological polar surface area (TPSA) is 129 Å². The van der Waals surface area contributed by atoms with Gasteiger partial charge in [-0.25, -0.2) is 0 Å². The van der Waals surface area contributed by atoms with Crippen LogP contribution in [0.4, 0.5) is 0 Å². The molecule has 8 nitrogen and oxygen atoms in total. The van der Waals surface area contributed by atoms with Gasteiger partial charge in [-0.05, 0) is 54.5 Å². The minimum absolute atomic E-state index is 0.339. The van der Waals surface area contributed by atoms with Crippen LogP contribution in [0.5, 0.6) is 5.75 Å². The second-order valence-corrected chi connectivity index (χ2v) is 20.1. The van der Waals surface area contributed by atoms with Crippen molar-refractivity contribution in [2.45, 2.75) is 238 Å². The molecule has 0 amide bonds. The maximum Gasteiger partial charge on any atom is 0.327 e. The van der Waals surface area contributed by atoms with Gasteiger partial charge >= 0.3 is 17.2 Å². The predicted molar refractivity (Wildman–Crippen MR) is 267 cm³/mol. The number of hydrogen-bond donors (Lipinski definition) is 5. The molecule has 2 aromatic carbocycles. The highest BCUT2D eigenvalue weighted by atomic mass is 31.2. The lowest BCUT2D eigenvalue weighted by molar-refractivity contribution is -0.0654. The first-order chi connectivity index (χ1) is 30.8. The van der Waals surface area contributed by atoms with E-state index in [1.165, 1.54) is 204 Å². The van der Waals surface area contributed by atoms with Crippen molar-refractivity contribution in [2.75, 3.05) is 19.8 Å². The number of benzene rings is 2. The molecule has 0 saturated heterocycles. The second kappa shape index (κ2) is 39.9. The summed E-state index contributed by atoms with van der Waals surface area (Å²) in [5.74, 6) is 0.580. The molecule has 10 heteroatoms. The maximum absolute atomic E-state index is 10.8. The van der Waals surface area contributed by atoms with Crippen molar-refractivity contribution in [3.63, 3.8) is 0 Å². The van der Waals surface area contributed by atoms with Gasteiger partial charge < -0.3 is 38.5 Å². The van der Waals surface area contributed by atoms with E-state index in [-0.39, 0.29) is 13.2 Å². The summed E-state index contributed by atoms with van der Waals surface area (Å²) < 4.78 is 17.2. The molecule has 0 bridgehead atoms. The standard InChI is InChI=1S/C53H94O8P2/c1-3-5-7-9-11-13-15-17-19-21-23-25-27-29-31-33-35-48-37-41-50(42-38-48)52(53(45-54,46-59-62(55)56)47-60-63(57)58)61-51-43-39-49(40-44-51)36-34-32-30-28-26-24-22-20-18-16-14-12-10-8-6-4-2/h37-44,52,54-58H,3-36,45-47H2,1-2H3. The summed E-state index contributed by atoms with van der Waals surface area (Å²) in [6.07, 6.45) is 44.3. The zero-order valence-electron chi connectivity index (χ0n) is 40.2. The third-order valence-corrected chi connectivity index (χ3v) is 13.6. The summed E-state index contributed by atoms with van der Waals surface area (Å²) in [4.78, 5) is 38.7. The molecule has 0 radical (unpaired) electrons. The Balaban J connectivity index is 1.82. The zero-order chi connectivity index (χ0) is 45.5. The van der Waals surface area contributed by atoms with E-state index in [4.69, 9.17) is 13.8 Å². The minimum Gasteiger partial charge on any atom is -0.485 e. The molecule has 0 aromatic heterocycles. The molecule has 1 atom stereocenters. The van der Waals surface area contributed by atoms with Gasteiger partial charge in [-0.15, -0.1) is 0 Å². The summed E-state index contributed by atoms with van der Waals surface area (Å²) >= 11 is 0. The summed E-state index contributed by atoms with van der Waals surface area (Å²) in [7, 11) is -5.48. The fourth-order valence-electron chi connectivity index (χ4n) is 8.77. The molecule has 0 heterocycles. The third kappa shape index (κ3) is 30.0. The molecule has 63 heavy (non-hydrogen) atoms. The van der Waals surface area contributed by atoms with E-state index in [0.717, 1.165) is 31.2 Å². The van der Waals surface area contributed by atoms with Gasteiger partial charge in [0.2, 0.25) is 0 Å². The Bertz CT molecular complexity index is 1270. The summed E-state index contributed by atoms with van der Waals surface area (Å²) in [6, 6.07) is 16.1. The van der Waals surface area contributed by atoms with Crippen molar-refractivity contribution in [1.29, 1.82) is 0 Å². The van der Waals surface area contributed by atoms with Crippen LogP contribution in [0.25, 0.3) is 0 Å². The highest BCUT2D eigenvalue weighted by molar-refractivity contribution is 7.39. The molecular weight excluding hydrogens is 827 g/mol. The maximum atomic E-state index is 10.8.